The van der Waals surface area contributed by atoms with Crippen LogP contribution in [0.4, 0.5) is 0 Å². The molecule has 0 aliphatic heterocycles. The fraction of sp³-hybridized carbons (Fsp3) is 0.750. The zero-order valence-electron chi connectivity index (χ0n) is 11.1. The Labute approximate surface area is 116 Å². The van der Waals surface area contributed by atoms with Crippen LogP contribution in [0, 0.1) is 0 Å². The van der Waals surface area contributed by atoms with Crippen LogP contribution in [-0.2, 0) is 23.9 Å². The third-order valence-electron chi connectivity index (χ3n) is 2.22. The molecule has 3 N–H and O–H groups in total. The molecule has 8 nitrogen and oxygen atoms in total. The van der Waals surface area contributed by atoms with Gasteiger partial charge < -0.3 is 24.8 Å². The number of esters is 2. The van der Waals surface area contributed by atoms with E-state index >= 15 is 0 Å². The Balaban J connectivity index is 3.43. The van der Waals surface area contributed by atoms with E-state index in [9.17, 15) is 14.4 Å². The summed E-state index contributed by atoms with van der Waals surface area (Å²) in [5.74, 6) is -2.02. The molecule has 0 aromatic carbocycles. The Kier molecular flexibility index (Phi) is 10.2. The van der Waals surface area contributed by atoms with Crippen molar-refractivity contribution in [2.45, 2.75) is 44.8 Å². The van der Waals surface area contributed by atoms with Crippen molar-refractivity contribution in [3.63, 3.8) is 0 Å². The summed E-state index contributed by atoms with van der Waals surface area (Å²) in [6.45, 7) is -0.161. The van der Waals surface area contributed by atoms with E-state index in [0.29, 0.717) is 6.42 Å². The lowest BCUT2D eigenvalue weighted by molar-refractivity contribution is -0.152. The SMILES string of the molecule is O=C(O)CCCC(=O)OCCOC(=O)CCCC(O)O. The molecule has 116 valence electrons. The second-order valence-corrected chi connectivity index (χ2v) is 4.06. The van der Waals surface area contributed by atoms with Crippen molar-refractivity contribution >= 4 is 17.9 Å². The largest absolute Gasteiger partial charge is 0.481 e. The van der Waals surface area contributed by atoms with Crippen LogP contribution in [0.1, 0.15) is 38.5 Å². The van der Waals surface area contributed by atoms with Gasteiger partial charge in [-0.1, -0.05) is 0 Å². The minimum Gasteiger partial charge on any atom is -0.481 e. The highest BCUT2D eigenvalue weighted by atomic mass is 16.6. The van der Waals surface area contributed by atoms with Crippen molar-refractivity contribution in [2.24, 2.45) is 0 Å². The molecule has 0 aliphatic rings. The van der Waals surface area contributed by atoms with Gasteiger partial charge in [0.2, 0.25) is 0 Å². The number of aliphatic hydroxyl groups is 2. The number of carbonyl (C=O) groups excluding carboxylic acids is 2. The molecule has 0 radical (unpaired) electrons. The lowest BCUT2D eigenvalue weighted by Crippen LogP contribution is -2.14. The van der Waals surface area contributed by atoms with E-state index in [1.165, 1.54) is 0 Å². The Morgan fingerprint density at radius 3 is 1.80 bits per heavy atom. The maximum absolute atomic E-state index is 11.1. The van der Waals surface area contributed by atoms with Gasteiger partial charge in [0, 0.05) is 19.3 Å². The van der Waals surface area contributed by atoms with Crippen LogP contribution in [-0.4, -0.2) is 52.7 Å². The van der Waals surface area contributed by atoms with Crippen LogP contribution >= 0.6 is 0 Å². The first-order valence-corrected chi connectivity index (χ1v) is 6.31. The average Bonchev–Trinajstić information content (AvgIpc) is 2.33. The molecule has 0 rings (SSSR count). The third kappa shape index (κ3) is 12.8. The van der Waals surface area contributed by atoms with Crippen molar-refractivity contribution in [1.29, 1.82) is 0 Å². The number of carboxylic acid groups (broad SMARTS) is 1. The second kappa shape index (κ2) is 11.2. The van der Waals surface area contributed by atoms with Crippen molar-refractivity contribution in [3.8, 4) is 0 Å². The molecule has 0 aromatic rings. The third-order valence-corrected chi connectivity index (χ3v) is 2.22. The van der Waals surface area contributed by atoms with Gasteiger partial charge in [0.15, 0.2) is 6.29 Å². The number of hydrogen-bond acceptors (Lipinski definition) is 7. The Hall–Kier alpha value is -1.67. The Morgan fingerprint density at radius 2 is 1.35 bits per heavy atom. The first-order valence-electron chi connectivity index (χ1n) is 6.31. The van der Waals surface area contributed by atoms with Gasteiger partial charge in [-0.3, -0.25) is 14.4 Å². The summed E-state index contributed by atoms with van der Waals surface area (Å²) in [6.07, 6.45) is -0.870. The highest BCUT2D eigenvalue weighted by Crippen LogP contribution is 2.01. The molecule has 0 atom stereocenters. The molecule has 0 saturated carbocycles. The van der Waals surface area contributed by atoms with Gasteiger partial charge >= 0.3 is 17.9 Å². The lowest BCUT2D eigenvalue weighted by atomic mass is 10.2. The number of rotatable bonds is 11. The molecule has 0 amide bonds. The number of ether oxygens (including phenoxy) is 2. The fourth-order valence-electron chi connectivity index (χ4n) is 1.27. The molecule has 0 bridgehead atoms. The molecular weight excluding hydrogens is 272 g/mol. The van der Waals surface area contributed by atoms with Crippen molar-refractivity contribution in [2.75, 3.05) is 13.2 Å². The maximum Gasteiger partial charge on any atom is 0.305 e. The number of carbonyl (C=O) groups is 3. The van der Waals surface area contributed by atoms with E-state index in [4.69, 9.17) is 24.8 Å². The summed E-state index contributed by atoms with van der Waals surface area (Å²) in [6, 6.07) is 0. The first-order chi connectivity index (χ1) is 9.41. The van der Waals surface area contributed by atoms with Crippen LogP contribution in [0.15, 0.2) is 0 Å². The summed E-state index contributed by atoms with van der Waals surface area (Å²) < 4.78 is 9.47. The molecule has 0 spiro atoms. The highest BCUT2D eigenvalue weighted by Gasteiger charge is 2.07. The van der Waals surface area contributed by atoms with Crippen LogP contribution in [0.25, 0.3) is 0 Å². The standard InChI is InChI=1S/C12H20O8/c13-9(14)3-1-5-11(17)19-7-8-20-12(18)6-2-4-10(15)16/h9,13-14H,1-8H2,(H,15,16). The smallest absolute Gasteiger partial charge is 0.305 e. The van der Waals surface area contributed by atoms with E-state index < -0.39 is 24.2 Å². The van der Waals surface area contributed by atoms with Crippen LogP contribution < -0.4 is 0 Å². The summed E-state index contributed by atoms with van der Waals surface area (Å²) in [4.78, 5) is 32.4. The predicted molar refractivity (Wildman–Crippen MR) is 65.5 cm³/mol. The topological polar surface area (TPSA) is 130 Å². The molecule has 0 aromatic heterocycles. The van der Waals surface area contributed by atoms with Crippen molar-refractivity contribution in [1.82, 2.24) is 0 Å². The fourth-order valence-corrected chi connectivity index (χ4v) is 1.27. The van der Waals surface area contributed by atoms with E-state index in [-0.39, 0.29) is 45.3 Å². The molecule has 0 unspecified atom stereocenters. The van der Waals surface area contributed by atoms with Crippen molar-refractivity contribution in [3.05, 3.63) is 0 Å². The summed E-state index contributed by atoms with van der Waals surface area (Å²) >= 11 is 0. The van der Waals surface area contributed by atoms with Gasteiger partial charge in [-0.05, 0) is 19.3 Å². The van der Waals surface area contributed by atoms with E-state index in [1.54, 1.807) is 0 Å². The highest BCUT2D eigenvalue weighted by molar-refractivity contribution is 5.71. The molecule has 0 fully saturated rings. The molecule has 8 heteroatoms. The lowest BCUT2D eigenvalue weighted by Gasteiger charge is -2.06. The number of aliphatic carboxylic acids is 1. The van der Waals surface area contributed by atoms with E-state index in [2.05, 4.69) is 0 Å². The zero-order valence-corrected chi connectivity index (χ0v) is 11.1. The number of aliphatic hydroxyl groups excluding tert-OH is 1. The minimum atomic E-state index is -1.44. The second-order valence-electron chi connectivity index (χ2n) is 4.06. The van der Waals surface area contributed by atoms with Gasteiger partial charge in [-0.25, -0.2) is 0 Å². The van der Waals surface area contributed by atoms with E-state index in [1.807, 2.05) is 0 Å². The quantitative estimate of drug-likeness (QED) is 0.271. The molecular formula is C12H20O8. The van der Waals surface area contributed by atoms with Crippen LogP contribution in [0.3, 0.4) is 0 Å². The monoisotopic (exact) mass is 292 g/mol. The molecule has 0 saturated heterocycles. The van der Waals surface area contributed by atoms with Crippen LogP contribution in [0.5, 0.6) is 0 Å². The zero-order chi connectivity index (χ0) is 15.4. The summed E-state index contributed by atoms with van der Waals surface area (Å²) in [5, 5.41) is 25.5. The van der Waals surface area contributed by atoms with Crippen LogP contribution in [0.2, 0.25) is 0 Å². The normalized spacial score (nSPS) is 10.3. The molecule has 0 heterocycles. The maximum atomic E-state index is 11.1. The van der Waals surface area contributed by atoms with Gasteiger partial charge in [-0.15, -0.1) is 0 Å². The number of carboxylic acids is 1. The van der Waals surface area contributed by atoms with Gasteiger partial charge in [0.25, 0.3) is 0 Å². The Morgan fingerprint density at radius 1 is 0.850 bits per heavy atom. The van der Waals surface area contributed by atoms with Gasteiger partial charge in [-0.2, -0.15) is 0 Å². The minimum absolute atomic E-state index is 0.00857. The Bertz CT molecular complexity index is 313. The van der Waals surface area contributed by atoms with Gasteiger partial charge in [0.05, 0.1) is 0 Å². The first kappa shape index (κ1) is 18.3. The number of hydrogen-bond donors (Lipinski definition) is 3. The summed E-state index contributed by atoms with van der Waals surface area (Å²) in [5.41, 5.74) is 0. The predicted octanol–water partition coefficient (Wildman–Crippen LogP) is -0.191. The summed E-state index contributed by atoms with van der Waals surface area (Å²) in [7, 11) is 0. The average molecular weight is 292 g/mol. The van der Waals surface area contributed by atoms with E-state index in [0.717, 1.165) is 0 Å². The van der Waals surface area contributed by atoms with Gasteiger partial charge in [0.1, 0.15) is 13.2 Å². The van der Waals surface area contributed by atoms with Crippen molar-refractivity contribution < 1.29 is 39.2 Å². The molecule has 20 heavy (non-hydrogen) atoms. The molecule has 0 aliphatic carbocycles.